The maximum absolute atomic E-state index is 11.7. The molecule has 1 saturated heterocycles. The van der Waals surface area contributed by atoms with Crippen molar-refractivity contribution in [3.63, 3.8) is 0 Å². The second-order valence-corrected chi connectivity index (χ2v) is 4.62. The van der Waals surface area contributed by atoms with Crippen LogP contribution >= 0.6 is 0 Å². The fourth-order valence-electron chi connectivity index (χ4n) is 2.12. The maximum Gasteiger partial charge on any atom is 0.136 e. The zero-order valence-corrected chi connectivity index (χ0v) is 10.6. The molecular weight excluding hydrogens is 228 g/mol. The van der Waals surface area contributed by atoms with E-state index in [0.29, 0.717) is 25.6 Å². The molecule has 98 valence electrons. The first-order valence-corrected chi connectivity index (χ1v) is 6.66. The molecule has 1 aliphatic rings. The van der Waals surface area contributed by atoms with Gasteiger partial charge in [0.2, 0.25) is 0 Å². The van der Waals surface area contributed by atoms with Crippen molar-refractivity contribution in [1.29, 1.82) is 0 Å². The van der Waals surface area contributed by atoms with Crippen LogP contribution in [0.2, 0.25) is 0 Å². The Morgan fingerprint density at radius 3 is 2.83 bits per heavy atom. The number of Topliss-reactive ketones (excluding diaryl/α,β-unsaturated/α-hetero) is 1. The number of hydrogen-bond donors (Lipinski definition) is 0. The predicted molar refractivity (Wildman–Crippen MR) is 69.8 cm³/mol. The summed E-state index contributed by atoms with van der Waals surface area (Å²) in [6.45, 7) is 1.32. The Balaban J connectivity index is 1.57. The molecule has 0 spiro atoms. The highest BCUT2D eigenvalue weighted by Crippen LogP contribution is 2.17. The number of benzene rings is 1. The van der Waals surface area contributed by atoms with E-state index in [-0.39, 0.29) is 5.78 Å². The first-order chi connectivity index (χ1) is 8.84. The Kier molecular flexibility index (Phi) is 5.21. The number of carbonyl (C=O) groups is 1. The van der Waals surface area contributed by atoms with Crippen molar-refractivity contribution in [2.75, 3.05) is 13.2 Å². The van der Waals surface area contributed by atoms with Crippen LogP contribution in [0, 0.1) is 0 Å². The van der Waals surface area contributed by atoms with Gasteiger partial charge in [-0.05, 0) is 31.4 Å². The quantitative estimate of drug-likeness (QED) is 0.744. The normalized spacial score (nSPS) is 18.8. The van der Waals surface area contributed by atoms with E-state index >= 15 is 0 Å². The van der Waals surface area contributed by atoms with E-state index in [1.54, 1.807) is 0 Å². The average molecular weight is 248 g/mol. The van der Waals surface area contributed by atoms with Crippen LogP contribution in [0.3, 0.4) is 0 Å². The molecule has 0 aliphatic carbocycles. The van der Waals surface area contributed by atoms with Crippen molar-refractivity contribution in [3.8, 4) is 5.75 Å². The van der Waals surface area contributed by atoms with Crippen molar-refractivity contribution in [2.45, 2.75) is 38.2 Å². The highest BCUT2D eigenvalue weighted by molar-refractivity contribution is 5.78. The third-order valence-electron chi connectivity index (χ3n) is 3.16. The van der Waals surface area contributed by atoms with Gasteiger partial charge in [-0.25, -0.2) is 0 Å². The molecule has 1 unspecified atom stereocenters. The summed E-state index contributed by atoms with van der Waals surface area (Å²) >= 11 is 0. The molecule has 2 rings (SSSR count). The Labute approximate surface area is 108 Å². The minimum atomic E-state index is 0.265. The summed E-state index contributed by atoms with van der Waals surface area (Å²) in [5.41, 5.74) is 0. The van der Waals surface area contributed by atoms with Gasteiger partial charge in [0.15, 0.2) is 0 Å². The summed E-state index contributed by atoms with van der Waals surface area (Å²) < 4.78 is 11.0. The third-order valence-corrected chi connectivity index (χ3v) is 3.16. The summed E-state index contributed by atoms with van der Waals surface area (Å²) in [7, 11) is 0. The molecule has 1 heterocycles. The number of carbonyl (C=O) groups excluding carboxylic acids is 1. The van der Waals surface area contributed by atoms with E-state index in [9.17, 15) is 4.79 Å². The zero-order valence-electron chi connectivity index (χ0n) is 10.6. The molecule has 18 heavy (non-hydrogen) atoms. The summed E-state index contributed by atoms with van der Waals surface area (Å²) in [4.78, 5) is 11.7. The van der Waals surface area contributed by atoms with E-state index in [0.717, 1.165) is 31.6 Å². The Hall–Kier alpha value is -1.35. The lowest BCUT2D eigenvalue weighted by Gasteiger charge is -2.08. The summed E-state index contributed by atoms with van der Waals surface area (Å²) in [6.07, 6.45) is 4.52. The SMILES string of the molecule is O=C(CCOc1ccccc1)CCC1CCCO1. The molecule has 1 aromatic rings. The Bertz CT molecular complexity index is 355. The van der Waals surface area contributed by atoms with Crippen LogP contribution in [0.15, 0.2) is 30.3 Å². The van der Waals surface area contributed by atoms with Crippen LogP contribution in [-0.4, -0.2) is 25.1 Å². The molecule has 3 heteroatoms. The highest BCUT2D eigenvalue weighted by Gasteiger charge is 2.16. The van der Waals surface area contributed by atoms with Crippen molar-refractivity contribution < 1.29 is 14.3 Å². The first-order valence-electron chi connectivity index (χ1n) is 6.66. The predicted octanol–water partition coefficient (Wildman–Crippen LogP) is 2.98. The van der Waals surface area contributed by atoms with Crippen molar-refractivity contribution in [1.82, 2.24) is 0 Å². The number of ether oxygens (including phenoxy) is 2. The van der Waals surface area contributed by atoms with Crippen LogP contribution < -0.4 is 4.74 Å². The molecule has 0 bridgehead atoms. The van der Waals surface area contributed by atoms with Crippen LogP contribution in [-0.2, 0) is 9.53 Å². The van der Waals surface area contributed by atoms with E-state index in [1.165, 1.54) is 0 Å². The molecule has 0 aromatic heterocycles. The molecule has 0 saturated carbocycles. The molecule has 1 aliphatic heterocycles. The number of ketones is 1. The second-order valence-electron chi connectivity index (χ2n) is 4.62. The molecule has 3 nitrogen and oxygen atoms in total. The van der Waals surface area contributed by atoms with E-state index in [1.807, 2.05) is 30.3 Å². The van der Waals surface area contributed by atoms with Gasteiger partial charge in [0.05, 0.1) is 12.7 Å². The van der Waals surface area contributed by atoms with Gasteiger partial charge in [-0.3, -0.25) is 4.79 Å². The lowest BCUT2D eigenvalue weighted by molar-refractivity contribution is -0.120. The molecular formula is C15H20O3. The van der Waals surface area contributed by atoms with Crippen LogP contribution in [0.4, 0.5) is 0 Å². The highest BCUT2D eigenvalue weighted by atomic mass is 16.5. The maximum atomic E-state index is 11.7. The summed E-state index contributed by atoms with van der Waals surface area (Å²) in [5.74, 6) is 1.09. The van der Waals surface area contributed by atoms with Gasteiger partial charge in [0.25, 0.3) is 0 Å². The Morgan fingerprint density at radius 2 is 2.11 bits per heavy atom. The Morgan fingerprint density at radius 1 is 1.28 bits per heavy atom. The monoisotopic (exact) mass is 248 g/mol. The van der Waals surface area contributed by atoms with Gasteiger partial charge >= 0.3 is 0 Å². The van der Waals surface area contributed by atoms with Gasteiger partial charge in [-0.2, -0.15) is 0 Å². The van der Waals surface area contributed by atoms with E-state index < -0.39 is 0 Å². The van der Waals surface area contributed by atoms with Gasteiger partial charge in [-0.15, -0.1) is 0 Å². The number of para-hydroxylation sites is 1. The lowest BCUT2D eigenvalue weighted by Crippen LogP contribution is -2.11. The topological polar surface area (TPSA) is 35.5 Å². The van der Waals surface area contributed by atoms with Crippen LogP contribution in [0.1, 0.15) is 32.1 Å². The molecule has 0 radical (unpaired) electrons. The summed E-state index contributed by atoms with van der Waals surface area (Å²) in [6, 6.07) is 9.59. The largest absolute Gasteiger partial charge is 0.493 e. The summed E-state index contributed by atoms with van der Waals surface area (Å²) in [5, 5.41) is 0. The fourth-order valence-corrected chi connectivity index (χ4v) is 2.12. The smallest absolute Gasteiger partial charge is 0.136 e. The lowest BCUT2D eigenvalue weighted by atomic mass is 10.1. The molecule has 0 N–H and O–H groups in total. The minimum absolute atomic E-state index is 0.265. The molecule has 0 amide bonds. The van der Waals surface area contributed by atoms with Gasteiger partial charge in [-0.1, -0.05) is 18.2 Å². The standard InChI is InChI=1S/C15H20O3/c16-13(8-9-15-7-4-11-17-15)10-12-18-14-5-2-1-3-6-14/h1-3,5-6,15H,4,7-12H2. The minimum Gasteiger partial charge on any atom is -0.493 e. The van der Waals surface area contributed by atoms with E-state index in [2.05, 4.69) is 0 Å². The second kappa shape index (κ2) is 7.17. The van der Waals surface area contributed by atoms with Crippen LogP contribution in [0.5, 0.6) is 5.75 Å². The van der Waals surface area contributed by atoms with Crippen molar-refractivity contribution >= 4 is 5.78 Å². The van der Waals surface area contributed by atoms with Crippen LogP contribution in [0.25, 0.3) is 0 Å². The van der Waals surface area contributed by atoms with Gasteiger partial charge in [0.1, 0.15) is 11.5 Å². The first kappa shape index (κ1) is 13.1. The average Bonchev–Trinajstić information content (AvgIpc) is 2.91. The number of rotatable bonds is 7. The van der Waals surface area contributed by atoms with E-state index in [4.69, 9.17) is 9.47 Å². The third kappa shape index (κ3) is 4.49. The van der Waals surface area contributed by atoms with Gasteiger partial charge in [0, 0.05) is 19.4 Å². The molecule has 1 fully saturated rings. The van der Waals surface area contributed by atoms with Crippen molar-refractivity contribution in [3.05, 3.63) is 30.3 Å². The van der Waals surface area contributed by atoms with Gasteiger partial charge < -0.3 is 9.47 Å². The van der Waals surface area contributed by atoms with Crippen molar-refractivity contribution in [2.24, 2.45) is 0 Å². The number of hydrogen-bond acceptors (Lipinski definition) is 3. The molecule has 1 aromatic carbocycles. The fraction of sp³-hybridized carbons (Fsp3) is 0.533. The zero-order chi connectivity index (χ0) is 12.6. The molecule has 1 atom stereocenters.